The van der Waals surface area contributed by atoms with Crippen molar-refractivity contribution in [3.63, 3.8) is 0 Å². The molecule has 1 aliphatic rings. The first-order valence-corrected chi connectivity index (χ1v) is 7.05. The molecule has 0 spiro atoms. The van der Waals surface area contributed by atoms with Gasteiger partial charge in [0.1, 0.15) is 5.76 Å². The highest BCUT2D eigenvalue weighted by Crippen LogP contribution is 2.23. The first-order chi connectivity index (χ1) is 10.1. The molecule has 0 fully saturated rings. The normalized spacial score (nSPS) is 14.1. The molecule has 1 N–H and O–H groups in total. The molecule has 1 aromatic rings. The molecule has 1 aliphatic carbocycles. The Bertz CT molecular complexity index is 658. The number of Topliss-reactive ketones (excluding diaryl/α,β-unsaturated/α-hetero) is 1. The molecule has 0 heterocycles. The summed E-state index contributed by atoms with van der Waals surface area (Å²) in [4.78, 5) is 12.0. The van der Waals surface area contributed by atoms with Gasteiger partial charge in [-0.2, -0.15) is 0 Å². The van der Waals surface area contributed by atoms with Crippen molar-refractivity contribution in [2.75, 3.05) is 6.61 Å². The minimum atomic E-state index is -0.366. The number of benzene rings is 1. The molecule has 0 atom stereocenters. The van der Waals surface area contributed by atoms with Crippen LogP contribution in [-0.2, 0) is 9.53 Å². The van der Waals surface area contributed by atoms with Crippen LogP contribution in [0.1, 0.15) is 25.3 Å². The van der Waals surface area contributed by atoms with Gasteiger partial charge in [0.25, 0.3) is 0 Å². The zero-order valence-electron chi connectivity index (χ0n) is 11.6. The fraction of sp³-hybridized carbons (Fsp3) is 0.235. The molecule has 21 heavy (non-hydrogen) atoms. The molecule has 108 valence electrons. The third kappa shape index (κ3) is 4.14. The van der Waals surface area contributed by atoms with Gasteiger partial charge in [-0.15, -0.1) is 0 Å². The topological polar surface area (TPSA) is 46.5 Å². The maximum atomic E-state index is 12.0. The number of carbonyl (C=O) groups is 1. The largest absolute Gasteiger partial charge is 0.507 e. The molecule has 0 radical (unpaired) electrons. The van der Waals surface area contributed by atoms with Gasteiger partial charge in [0.2, 0.25) is 5.78 Å². The average molecular weight is 303 g/mol. The smallest absolute Gasteiger partial charge is 0.235 e. The Morgan fingerprint density at radius 2 is 2.05 bits per heavy atom. The summed E-state index contributed by atoms with van der Waals surface area (Å²) >= 11 is 5.78. The van der Waals surface area contributed by atoms with Gasteiger partial charge in [-0.25, -0.2) is 0 Å². The molecule has 1 aromatic carbocycles. The first kappa shape index (κ1) is 15.2. The molecule has 0 saturated carbocycles. The van der Waals surface area contributed by atoms with Crippen LogP contribution in [0, 0.1) is 11.8 Å². The van der Waals surface area contributed by atoms with Crippen molar-refractivity contribution in [3.05, 3.63) is 58.0 Å². The van der Waals surface area contributed by atoms with E-state index in [1.54, 1.807) is 24.3 Å². The number of aliphatic hydroxyl groups is 1. The summed E-state index contributed by atoms with van der Waals surface area (Å²) in [5.41, 5.74) is 1.04. The van der Waals surface area contributed by atoms with Gasteiger partial charge in [-0.1, -0.05) is 17.5 Å². The van der Waals surface area contributed by atoms with Crippen molar-refractivity contribution in [2.45, 2.75) is 19.8 Å². The number of carbonyl (C=O) groups excluding carboxylic acids is 1. The van der Waals surface area contributed by atoms with Crippen molar-refractivity contribution >= 4 is 17.4 Å². The second-order valence-electron chi connectivity index (χ2n) is 4.49. The van der Waals surface area contributed by atoms with Gasteiger partial charge in [-0.3, -0.25) is 4.79 Å². The predicted molar refractivity (Wildman–Crippen MR) is 81.9 cm³/mol. The maximum Gasteiger partial charge on any atom is 0.235 e. The van der Waals surface area contributed by atoms with Crippen LogP contribution < -0.4 is 0 Å². The SMILES string of the molecule is CCOC1=CC(O)=C(C(=O)C#Cc2ccc(Cl)cc2)CC1. The molecule has 0 amide bonds. The van der Waals surface area contributed by atoms with Crippen molar-refractivity contribution in [1.82, 2.24) is 0 Å². The zero-order chi connectivity index (χ0) is 15.2. The van der Waals surface area contributed by atoms with Crippen molar-refractivity contribution in [1.29, 1.82) is 0 Å². The highest BCUT2D eigenvalue weighted by Gasteiger charge is 2.18. The van der Waals surface area contributed by atoms with E-state index in [0.717, 1.165) is 0 Å². The van der Waals surface area contributed by atoms with E-state index in [1.807, 2.05) is 6.92 Å². The second-order valence-corrected chi connectivity index (χ2v) is 4.93. The number of ketones is 1. The molecule has 2 rings (SSSR count). The lowest BCUT2D eigenvalue weighted by molar-refractivity contribution is -0.110. The number of aliphatic hydroxyl groups excluding tert-OH is 1. The van der Waals surface area contributed by atoms with Gasteiger partial charge in [0, 0.05) is 23.1 Å². The van der Waals surface area contributed by atoms with Crippen molar-refractivity contribution < 1.29 is 14.6 Å². The molecule has 0 aromatic heterocycles. The molecular weight excluding hydrogens is 288 g/mol. The van der Waals surface area contributed by atoms with Crippen LogP contribution in [0.4, 0.5) is 0 Å². The standard InChI is InChI=1S/C17H15ClO3/c1-2-21-14-8-9-15(17(20)11-14)16(19)10-5-12-3-6-13(18)7-4-12/h3-4,6-7,11,20H,2,8-9H2,1H3. The van der Waals surface area contributed by atoms with Crippen molar-refractivity contribution in [2.24, 2.45) is 0 Å². The van der Waals surface area contributed by atoms with Crippen LogP contribution in [0.2, 0.25) is 5.02 Å². The van der Waals surface area contributed by atoms with E-state index in [1.165, 1.54) is 6.08 Å². The van der Waals surface area contributed by atoms with Crippen molar-refractivity contribution in [3.8, 4) is 11.8 Å². The first-order valence-electron chi connectivity index (χ1n) is 6.67. The number of hydrogen-bond donors (Lipinski definition) is 1. The Balaban J connectivity index is 2.14. The fourth-order valence-corrected chi connectivity index (χ4v) is 2.08. The number of hydrogen-bond acceptors (Lipinski definition) is 3. The van der Waals surface area contributed by atoms with Gasteiger partial charge in [-0.05, 0) is 43.5 Å². The molecule has 4 heteroatoms. The lowest BCUT2D eigenvalue weighted by Gasteiger charge is -2.14. The Morgan fingerprint density at radius 1 is 1.33 bits per heavy atom. The average Bonchev–Trinajstić information content (AvgIpc) is 2.47. The Kier molecular flexibility index (Phi) is 5.08. The van der Waals surface area contributed by atoms with Crippen LogP contribution in [0.25, 0.3) is 0 Å². The van der Waals surface area contributed by atoms with Crippen LogP contribution >= 0.6 is 11.6 Å². The Hall–Kier alpha value is -2.18. The summed E-state index contributed by atoms with van der Waals surface area (Å²) in [5.74, 6) is 5.59. The quantitative estimate of drug-likeness (QED) is 0.864. The number of rotatable bonds is 3. The van der Waals surface area contributed by atoms with E-state index in [-0.39, 0.29) is 11.5 Å². The molecule has 0 unspecified atom stereocenters. The van der Waals surface area contributed by atoms with Gasteiger partial charge >= 0.3 is 0 Å². The van der Waals surface area contributed by atoms with Gasteiger partial charge in [0.05, 0.1) is 17.9 Å². The summed E-state index contributed by atoms with van der Waals surface area (Å²) in [5, 5.41) is 10.5. The van der Waals surface area contributed by atoms with E-state index < -0.39 is 0 Å². The minimum Gasteiger partial charge on any atom is -0.507 e. The lowest BCUT2D eigenvalue weighted by Crippen LogP contribution is -2.09. The lowest BCUT2D eigenvalue weighted by atomic mass is 9.98. The number of ether oxygens (including phenoxy) is 1. The summed E-state index contributed by atoms with van der Waals surface area (Å²) in [6.45, 7) is 2.42. The maximum absolute atomic E-state index is 12.0. The van der Waals surface area contributed by atoms with E-state index in [2.05, 4.69) is 11.8 Å². The van der Waals surface area contributed by atoms with E-state index in [9.17, 15) is 9.90 Å². The molecule has 3 nitrogen and oxygen atoms in total. The van der Waals surface area contributed by atoms with Crippen LogP contribution in [0.5, 0.6) is 0 Å². The third-order valence-corrected chi connectivity index (χ3v) is 3.25. The number of allylic oxidation sites excluding steroid dienone is 3. The number of halogens is 1. The van der Waals surface area contributed by atoms with Gasteiger partial charge in [0.15, 0.2) is 0 Å². The Morgan fingerprint density at radius 3 is 2.67 bits per heavy atom. The molecule has 0 bridgehead atoms. The summed E-state index contributed by atoms with van der Waals surface area (Å²) in [6, 6.07) is 6.91. The van der Waals surface area contributed by atoms with E-state index in [4.69, 9.17) is 16.3 Å². The summed E-state index contributed by atoms with van der Waals surface area (Å²) in [7, 11) is 0. The molecular formula is C17H15ClO3. The monoisotopic (exact) mass is 302 g/mol. The summed E-state index contributed by atoms with van der Waals surface area (Å²) < 4.78 is 5.33. The van der Waals surface area contributed by atoms with Gasteiger partial charge < -0.3 is 9.84 Å². The second kappa shape index (κ2) is 7.01. The molecule has 0 saturated heterocycles. The third-order valence-electron chi connectivity index (χ3n) is 3.00. The summed E-state index contributed by atoms with van der Waals surface area (Å²) in [6.07, 6.45) is 2.53. The highest BCUT2D eigenvalue weighted by atomic mass is 35.5. The molecule has 0 aliphatic heterocycles. The predicted octanol–water partition coefficient (Wildman–Crippen LogP) is 3.79. The van der Waals surface area contributed by atoms with Crippen LogP contribution in [0.3, 0.4) is 0 Å². The Labute approximate surface area is 128 Å². The van der Waals surface area contributed by atoms with Crippen LogP contribution in [0.15, 0.2) is 47.4 Å². The zero-order valence-corrected chi connectivity index (χ0v) is 12.4. The minimum absolute atomic E-state index is 0.0555. The fourth-order valence-electron chi connectivity index (χ4n) is 1.95. The van der Waals surface area contributed by atoms with E-state index in [0.29, 0.717) is 41.4 Å². The van der Waals surface area contributed by atoms with E-state index >= 15 is 0 Å². The van der Waals surface area contributed by atoms with Crippen LogP contribution in [-0.4, -0.2) is 17.5 Å². The highest BCUT2D eigenvalue weighted by molar-refractivity contribution is 6.30.